The van der Waals surface area contributed by atoms with Gasteiger partial charge in [-0.05, 0) is 30.9 Å². The molecule has 11 nitrogen and oxygen atoms in total. The minimum absolute atomic E-state index is 0.0656. The molecule has 0 unspecified atom stereocenters. The smallest absolute Gasteiger partial charge is 0.331 e. The maximum absolute atomic E-state index is 12.6. The molecule has 0 radical (unpaired) electrons. The number of carbonyl (C=O) groups excluding carboxylic acids is 1. The molecule has 1 atom stereocenters. The van der Waals surface area contributed by atoms with Crippen LogP contribution in [0, 0.1) is 5.92 Å². The number of carbonyl (C=O) groups is 1. The van der Waals surface area contributed by atoms with Gasteiger partial charge in [0.15, 0.2) is 5.82 Å². The van der Waals surface area contributed by atoms with E-state index >= 15 is 0 Å². The zero-order chi connectivity index (χ0) is 18.1. The molecular weight excluding hydrogens is 330 g/mol. The van der Waals surface area contributed by atoms with Crippen LogP contribution in [0.2, 0.25) is 0 Å². The number of aromatic nitrogens is 6. The Morgan fingerprint density at radius 3 is 2.76 bits per heavy atom. The molecule has 1 amide bonds. The lowest BCUT2D eigenvalue weighted by Crippen LogP contribution is -2.44. The lowest BCUT2D eigenvalue weighted by atomic mass is 10.3. The standard InChI is InChI=1S/C14H19N7O4/c1-8(22)4-21-17-11(16-18-21)7-19-6-10(12(15)23)13(24)20(14(19)25)5-9-2-3-9/h6,8-9,22H,2-5,7H2,1H3,(H2,15,23)/t8-/m1/s1. The first-order valence-corrected chi connectivity index (χ1v) is 7.94. The lowest BCUT2D eigenvalue weighted by molar-refractivity contribution is 0.0997. The number of aliphatic hydroxyl groups excluding tert-OH is 1. The van der Waals surface area contributed by atoms with E-state index in [2.05, 4.69) is 15.4 Å². The molecule has 0 aromatic carbocycles. The first kappa shape index (κ1) is 17.0. The van der Waals surface area contributed by atoms with E-state index < -0.39 is 23.3 Å². The van der Waals surface area contributed by atoms with Crippen molar-refractivity contribution in [2.45, 2.75) is 45.5 Å². The molecule has 2 heterocycles. The third-order valence-electron chi connectivity index (χ3n) is 3.87. The molecule has 2 aromatic rings. The van der Waals surface area contributed by atoms with Crippen LogP contribution in [0.4, 0.5) is 0 Å². The highest BCUT2D eigenvalue weighted by Gasteiger charge is 2.25. The quantitative estimate of drug-likeness (QED) is 0.583. The number of hydrogen-bond acceptors (Lipinski definition) is 7. The van der Waals surface area contributed by atoms with Crippen molar-refractivity contribution in [2.24, 2.45) is 11.7 Å². The number of hydrogen-bond donors (Lipinski definition) is 2. The van der Waals surface area contributed by atoms with Crippen LogP contribution in [0.3, 0.4) is 0 Å². The number of nitrogens with zero attached hydrogens (tertiary/aromatic N) is 6. The summed E-state index contributed by atoms with van der Waals surface area (Å²) >= 11 is 0. The highest BCUT2D eigenvalue weighted by molar-refractivity contribution is 5.92. The van der Waals surface area contributed by atoms with Crippen molar-refractivity contribution in [3.05, 3.63) is 38.4 Å². The summed E-state index contributed by atoms with van der Waals surface area (Å²) in [6, 6.07) is 0. The van der Waals surface area contributed by atoms with Gasteiger partial charge in [0.05, 0.1) is 19.2 Å². The van der Waals surface area contributed by atoms with Gasteiger partial charge in [0, 0.05) is 12.7 Å². The summed E-state index contributed by atoms with van der Waals surface area (Å²) < 4.78 is 2.21. The minimum Gasteiger partial charge on any atom is -0.391 e. The second kappa shape index (κ2) is 6.59. The molecule has 25 heavy (non-hydrogen) atoms. The zero-order valence-corrected chi connectivity index (χ0v) is 13.7. The van der Waals surface area contributed by atoms with E-state index in [4.69, 9.17) is 5.73 Å². The summed E-state index contributed by atoms with van der Waals surface area (Å²) in [5.74, 6) is -0.407. The number of tetrazole rings is 1. The van der Waals surface area contributed by atoms with Crippen LogP contribution in [0.25, 0.3) is 0 Å². The van der Waals surface area contributed by atoms with E-state index in [0.29, 0.717) is 0 Å². The normalized spacial score (nSPS) is 15.3. The van der Waals surface area contributed by atoms with E-state index in [1.165, 1.54) is 9.36 Å². The van der Waals surface area contributed by atoms with Gasteiger partial charge >= 0.3 is 5.69 Å². The number of primary amides is 1. The van der Waals surface area contributed by atoms with Gasteiger partial charge in [0.1, 0.15) is 5.56 Å². The van der Waals surface area contributed by atoms with Crippen molar-refractivity contribution < 1.29 is 9.90 Å². The van der Waals surface area contributed by atoms with Crippen LogP contribution < -0.4 is 17.0 Å². The van der Waals surface area contributed by atoms with Crippen molar-refractivity contribution in [3.63, 3.8) is 0 Å². The highest BCUT2D eigenvalue weighted by atomic mass is 16.3. The van der Waals surface area contributed by atoms with Crippen LogP contribution in [0.1, 0.15) is 35.9 Å². The summed E-state index contributed by atoms with van der Waals surface area (Å²) in [7, 11) is 0. The lowest BCUT2D eigenvalue weighted by Gasteiger charge is -2.10. The van der Waals surface area contributed by atoms with Crippen LogP contribution in [0.5, 0.6) is 0 Å². The first-order chi connectivity index (χ1) is 11.8. The molecule has 11 heteroatoms. The molecule has 0 aliphatic heterocycles. The molecule has 3 rings (SSSR count). The van der Waals surface area contributed by atoms with E-state index in [0.717, 1.165) is 23.6 Å². The SMILES string of the molecule is C[C@@H](O)Cn1nnc(Cn2cc(C(N)=O)c(=O)n(CC3CC3)c2=O)n1. The largest absolute Gasteiger partial charge is 0.391 e. The Hall–Kier alpha value is -2.82. The van der Waals surface area contributed by atoms with Crippen molar-refractivity contribution in [3.8, 4) is 0 Å². The van der Waals surface area contributed by atoms with Crippen molar-refractivity contribution >= 4 is 5.91 Å². The second-order valence-corrected chi connectivity index (χ2v) is 6.29. The molecule has 1 aliphatic carbocycles. The first-order valence-electron chi connectivity index (χ1n) is 7.94. The fourth-order valence-electron chi connectivity index (χ4n) is 2.46. The molecule has 3 N–H and O–H groups in total. The maximum atomic E-state index is 12.6. The number of aliphatic hydroxyl groups is 1. The molecule has 134 valence electrons. The minimum atomic E-state index is -0.894. The van der Waals surface area contributed by atoms with Crippen molar-refractivity contribution in [1.82, 2.24) is 29.3 Å². The Bertz CT molecular complexity index is 907. The highest BCUT2D eigenvalue weighted by Crippen LogP contribution is 2.29. The molecule has 1 fully saturated rings. The summed E-state index contributed by atoms with van der Waals surface area (Å²) in [5.41, 5.74) is 3.78. The summed E-state index contributed by atoms with van der Waals surface area (Å²) in [5, 5.41) is 21.0. The average molecular weight is 349 g/mol. The zero-order valence-electron chi connectivity index (χ0n) is 13.7. The van der Waals surface area contributed by atoms with E-state index in [1.54, 1.807) is 6.92 Å². The molecule has 1 aliphatic rings. The second-order valence-electron chi connectivity index (χ2n) is 6.29. The molecule has 2 aromatic heterocycles. The van der Waals surface area contributed by atoms with Crippen LogP contribution in [0.15, 0.2) is 15.8 Å². The van der Waals surface area contributed by atoms with Crippen LogP contribution >= 0.6 is 0 Å². The summed E-state index contributed by atoms with van der Waals surface area (Å²) in [4.78, 5) is 37.6. The van der Waals surface area contributed by atoms with Crippen molar-refractivity contribution in [2.75, 3.05) is 0 Å². The topological polar surface area (TPSA) is 151 Å². The van der Waals surface area contributed by atoms with E-state index in [-0.39, 0.29) is 36.9 Å². The Balaban J connectivity index is 1.95. The monoisotopic (exact) mass is 349 g/mol. The number of amides is 1. The molecule has 1 saturated carbocycles. The van der Waals surface area contributed by atoms with E-state index in [9.17, 15) is 19.5 Å². The van der Waals surface area contributed by atoms with Gasteiger partial charge in [-0.15, -0.1) is 10.2 Å². The summed E-state index contributed by atoms with van der Waals surface area (Å²) in [6.45, 7) is 1.95. The predicted octanol–water partition coefficient (Wildman–Crippen LogP) is -2.07. The van der Waals surface area contributed by atoms with E-state index in [1.807, 2.05) is 0 Å². The third kappa shape index (κ3) is 3.82. The Morgan fingerprint density at radius 1 is 1.44 bits per heavy atom. The summed E-state index contributed by atoms with van der Waals surface area (Å²) in [6.07, 6.45) is 2.38. The van der Waals surface area contributed by atoms with Gasteiger partial charge in [0.2, 0.25) is 0 Å². The van der Waals surface area contributed by atoms with Crippen LogP contribution in [-0.4, -0.2) is 46.5 Å². The molecule has 0 saturated heterocycles. The molecular formula is C14H19N7O4. The van der Waals surface area contributed by atoms with Gasteiger partial charge in [-0.25, -0.2) is 4.79 Å². The van der Waals surface area contributed by atoms with Gasteiger partial charge in [-0.2, -0.15) is 4.80 Å². The number of nitrogens with two attached hydrogens (primary N) is 1. The molecule has 0 bridgehead atoms. The van der Waals surface area contributed by atoms with Gasteiger partial charge in [-0.3, -0.25) is 18.7 Å². The van der Waals surface area contributed by atoms with Crippen molar-refractivity contribution in [1.29, 1.82) is 0 Å². The Kier molecular flexibility index (Phi) is 4.49. The fraction of sp³-hybridized carbons (Fsp3) is 0.571. The van der Waals surface area contributed by atoms with Crippen LogP contribution in [-0.2, 0) is 19.6 Å². The Morgan fingerprint density at radius 2 is 2.16 bits per heavy atom. The fourth-order valence-corrected chi connectivity index (χ4v) is 2.46. The Labute approximate surface area is 141 Å². The predicted molar refractivity (Wildman–Crippen MR) is 84.8 cm³/mol. The maximum Gasteiger partial charge on any atom is 0.331 e. The van der Waals surface area contributed by atoms with Gasteiger partial charge in [0.25, 0.3) is 11.5 Å². The van der Waals surface area contributed by atoms with Gasteiger partial charge < -0.3 is 10.8 Å². The molecule has 0 spiro atoms. The van der Waals surface area contributed by atoms with Gasteiger partial charge in [-0.1, -0.05) is 0 Å². The third-order valence-corrected chi connectivity index (χ3v) is 3.87. The average Bonchev–Trinajstić information content (AvgIpc) is 3.25. The number of rotatable bonds is 7.